The zero-order valence-corrected chi connectivity index (χ0v) is 26.4. The summed E-state index contributed by atoms with van der Waals surface area (Å²) in [6, 6.07) is 25.6. The number of ether oxygens (including phenoxy) is 1. The third kappa shape index (κ3) is 8.26. The van der Waals surface area contributed by atoms with Crippen LogP contribution in [0.2, 0.25) is 0 Å². The number of hydrogen-bond acceptors (Lipinski definition) is 8. The molecule has 47 heavy (non-hydrogen) atoms. The van der Waals surface area contributed by atoms with E-state index in [1.165, 1.54) is 54.7 Å². The van der Waals surface area contributed by atoms with E-state index in [0.717, 1.165) is 8.61 Å². The van der Waals surface area contributed by atoms with E-state index in [0.29, 0.717) is 17.0 Å². The highest BCUT2D eigenvalue weighted by molar-refractivity contribution is 7.89. The van der Waals surface area contributed by atoms with Crippen molar-refractivity contribution < 1.29 is 35.6 Å². The van der Waals surface area contributed by atoms with Gasteiger partial charge in [0.05, 0.1) is 16.0 Å². The lowest BCUT2D eigenvalue weighted by Crippen LogP contribution is -2.60. The molecule has 0 saturated carbocycles. The number of benzene rings is 4. The zero-order chi connectivity index (χ0) is 33.4. The van der Waals surface area contributed by atoms with Gasteiger partial charge in [-0.15, -0.1) is 0 Å². The first-order valence-electron chi connectivity index (χ1n) is 14.3. The molecule has 0 spiro atoms. The molecule has 4 aromatic carbocycles. The van der Waals surface area contributed by atoms with Gasteiger partial charge in [0.15, 0.2) is 6.61 Å². The highest BCUT2D eigenvalue weighted by Gasteiger charge is 2.43. The molecule has 0 aromatic heterocycles. The molecule has 1 fully saturated rings. The quantitative estimate of drug-likeness (QED) is 0.183. The first kappa shape index (κ1) is 33.4. The highest BCUT2D eigenvalue weighted by Crippen LogP contribution is 2.25. The molecule has 1 aliphatic heterocycles. The molecule has 2 N–H and O–H groups in total. The number of carbonyl (C=O) groups excluding carboxylic acids is 2. The van der Waals surface area contributed by atoms with Crippen LogP contribution >= 0.6 is 0 Å². The Kier molecular flexibility index (Phi) is 10.4. The Bertz CT molecular complexity index is 1940. The summed E-state index contributed by atoms with van der Waals surface area (Å²) in [4.78, 5) is 25.5. The van der Waals surface area contributed by atoms with Gasteiger partial charge >= 0.3 is 0 Å². The van der Waals surface area contributed by atoms with Crippen LogP contribution in [0.15, 0.2) is 124 Å². The van der Waals surface area contributed by atoms with Gasteiger partial charge in [-0.25, -0.2) is 26.7 Å². The van der Waals surface area contributed by atoms with Gasteiger partial charge in [0.2, 0.25) is 20.0 Å². The number of anilines is 1. The minimum Gasteiger partial charge on any atom is -0.484 e. The Balaban J connectivity index is 1.24. The van der Waals surface area contributed by atoms with Gasteiger partial charge in [-0.3, -0.25) is 9.59 Å². The summed E-state index contributed by atoms with van der Waals surface area (Å²) in [7, 11) is -8.18. The molecular formula is C32H30FN5O7S2. The minimum atomic E-state index is -4.16. The summed E-state index contributed by atoms with van der Waals surface area (Å²) in [6.07, 6.45) is 1.32. The molecule has 12 nitrogen and oxygen atoms in total. The van der Waals surface area contributed by atoms with Crippen molar-refractivity contribution >= 4 is 43.8 Å². The molecule has 1 atom stereocenters. The maximum atomic E-state index is 13.5. The van der Waals surface area contributed by atoms with Crippen LogP contribution in [-0.2, 0) is 29.6 Å². The monoisotopic (exact) mass is 679 g/mol. The summed E-state index contributed by atoms with van der Waals surface area (Å²) in [5.74, 6) is -1.30. The fourth-order valence-corrected chi connectivity index (χ4v) is 7.75. The number of sulfonamides is 2. The van der Waals surface area contributed by atoms with Gasteiger partial charge in [-0.2, -0.15) is 13.7 Å². The first-order chi connectivity index (χ1) is 22.5. The van der Waals surface area contributed by atoms with E-state index in [2.05, 4.69) is 15.8 Å². The van der Waals surface area contributed by atoms with Crippen molar-refractivity contribution in [2.45, 2.75) is 15.8 Å². The Hall–Kier alpha value is -4.96. The second kappa shape index (κ2) is 14.6. The topological polar surface area (TPSA) is 155 Å². The number of nitrogens with one attached hydrogen (secondary N) is 2. The number of halogens is 1. The van der Waals surface area contributed by atoms with Crippen LogP contribution in [0.5, 0.6) is 5.75 Å². The van der Waals surface area contributed by atoms with Crippen LogP contribution in [0.4, 0.5) is 10.1 Å². The molecule has 1 saturated heterocycles. The second-order valence-corrected chi connectivity index (χ2v) is 14.1. The molecule has 15 heteroatoms. The largest absolute Gasteiger partial charge is 0.484 e. The Morgan fingerprint density at radius 2 is 1.40 bits per heavy atom. The first-order valence-corrected chi connectivity index (χ1v) is 17.2. The third-order valence-corrected chi connectivity index (χ3v) is 10.9. The maximum absolute atomic E-state index is 13.5. The van der Waals surface area contributed by atoms with E-state index in [-0.39, 0.29) is 29.5 Å². The van der Waals surface area contributed by atoms with Crippen molar-refractivity contribution in [2.75, 3.05) is 31.6 Å². The van der Waals surface area contributed by atoms with E-state index in [9.17, 15) is 30.8 Å². The second-order valence-electron chi connectivity index (χ2n) is 10.3. The molecule has 4 aromatic rings. The normalized spacial score (nSPS) is 16.1. The van der Waals surface area contributed by atoms with E-state index >= 15 is 0 Å². The summed E-state index contributed by atoms with van der Waals surface area (Å²) >= 11 is 0. The molecule has 1 aliphatic rings. The number of amides is 2. The Morgan fingerprint density at radius 3 is 2.02 bits per heavy atom. The zero-order valence-electron chi connectivity index (χ0n) is 24.8. The van der Waals surface area contributed by atoms with Crippen molar-refractivity contribution in [1.82, 2.24) is 14.0 Å². The average Bonchev–Trinajstić information content (AvgIpc) is 3.09. The number of nitrogens with zero attached hydrogens (tertiary/aromatic N) is 3. The number of hydrazone groups is 1. The van der Waals surface area contributed by atoms with Crippen LogP contribution in [0, 0.1) is 5.82 Å². The van der Waals surface area contributed by atoms with Crippen molar-refractivity contribution in [2.24, 2.45) is 5.10 Å². The van der Waals surface area contributed by atoms with Gasteiger partial charge in [-0.05, 0) is 78.4 Å². The van der Waals surface area contributed by atoms with Gasteiger partial charge < -0.3 is 10.1 Å². The third-order valence-electron chi connectivity index (χ3n) is 7.09. The van der Waals surface area contributed by atoms with Crippen molar-refractivity contribution in [1.29, 1.82) is 0 Å². The maximum Gasteiger partial charge on any atom is 0.262 e. The lowest BCUT2D eigenvalue weighted by molar-refractivity contribution is -0.125. The van der Waals surface area contributed by atoms with E-state index in [1.54, 1.807) is 60.7 Å². The molecule has 244 valence electrons. The molecule has 0 aliphatic carbocycles. The molecule has 0 bridgehead atoms. The molecule has 0 radical (unpaired) electrons. The molecule has 1 heterocycles. The van der Waals surface area contributed by atoms with Gasteiger partial charge in [0.1, 0.15) is 17.6 Å². The molecule has 5 rings (SSSR count). The minimum absolute atomic E-state index is 0.0254. The number of hydrogen-bond donors (Lipinski definition) is 2. The Labute approximate surface area is 271 Å². The van der Waals surface area contributed by atoms with Crippen LogP contribution in [0.1, 0.15) is 5.56 Å². The Morgan fingerprint density at radius 1 is 0.809 bits per heavy atom. The highest BCUT2D eigenvalue weighted by atomic mass is 32.2. The summed E-state index contributed by atoms with van der Waals surface area (Å²) in [5.41, 5.74) is 3.31. The lowest BCUT2D eigenvalue weighted by Gasteiger charge is -2.38. The van der Waals surface area contributed by atoms with Crippen molar-refractivity contribution in [3.8, 4) is 5.75 Å². The summed E-state index contributed by atoms with van der Waals surface area (Å²) in [6.45, 7) is -1.12. The van der Waals surface area contributed by atoms with E-state index < -0.39 is 50.3 Å². The van der Waals surface area contributed by atoms with Gasteiger partial charge in [-0.1, -0.05) is 36.4 Å². The van der Waals surface area contributed by atoms with Crippen molar-refractivity contribution in [3.05, 3.63) is 121 Å². The van der Waals surface area contributed by atoms with E-state index in [1.807, 2.05) is 0 Å². The number of rotatable bonds is 11. The predicted octanol–water partition coefficient (Wildman–Crippen LogP) is 3.06. The van der Waals surface area contributed by atoms with Crippen molar-refractivity contribution in [3.63, 3.8) is 0 Å². The summed E-state index contributed by atoms with van der Waals surface area (Å²) < 4.78 is 74.4. The lowest BCUT2D eigenvalue weighted by atomic mass is 10.2. The standard InChI is InChI=1S/C32H30FN5O7S2/c33-25-13-15-26(16-14-25)35-31(39)23-45-27-17-11-24(12-18-27)21-34-36-32(40)30-22-37(46(41,42)28-7-3-1-4-8-28)19-20-38(30)47(43,44)29-9-5-2-6-10-29/h1-18,21,30H,19-20,22-23H2,(H,35,39)(H,36,40)/b34-21-/t30-/m0/s1. The molecule has 2 amide bonds. The van der Waals surface area contributed by atoms with Crippen LogP contribution in [0.25, 0.3) is 0 Å². The predicted molar refractivity (Wildman–Crippen MR) is 172 cm³/mol. The van der Waals surface area contributed by atoms with Crippen LogP contribution < -0.4 is 15.5 Å². The number of carbonyl (C=O) groups is 2. The molecular weight excluding hydrogens is 650 g/mol. The molecule has 0 unspecified atom stereocenters. The fraction of sp³-hybridized carbons (Fsp3) is 0.156. The average molecular weight is 680 g/mol. The van der Waals surface area contributed by atoms with Crippen LogP contribution in [0.3, 0.4) is 0 Å². The van der Waals surface area contributed by atoms with Crippen LogP contribution in [-0.4, -0.2) is 75.8 Å². The smallest absolute Gasteiger partial charge is 0.262 e. The van der Waals surface area contributed by atoms with Gasteiger partial charge in [0.25, 0.3) is 11.8 Å². The number of piperazine rings is 1. The van der Waals surface area contributed by atoms with E-state index in [4.69, 9.17) is 4.74 Å². The fourth-order valence-electron chi connectivity index (χ4n) is 4.70. The summed E-state index contributed by atoms with van der Waals surface area (Å²) in [5, 5.41) is 6.55. The SMILES string of the molecule is O=C(COc1ccc(/C=N\NC(=O)[C@@H]2CN(S(=O)(=O)c3ccccc3)CCN2S(=O)(=O)c2ccccc2)cc1)Nc1ccc(F)cc1. The van der Waals surface area contributed by atoms with Gasteiger partial charge in [0, 0.05) is 25.3 Å².